The molecule has 1 aliphatic heterocycles. The highest BCUT2D eigenvalue weighted by molar-refractivity contribution is 6.11. The van der Waals surface area contributed by atoms with Crippen molar-refractivity contribution in [2.45, 2.75) is 13.0 Å². The van der Waals surface area contributed by atoms with E-state index in [1.165, 1.54) is 18.2 Å². The van der Waals surface area contributed by atoms with E-state index in [1.54, 1.807) is 12.1 Å². The number of nitrogens with zero attached hydrogens (tertiary/aromatic N) is 1. The molecule has 1 atom stereocenters. The summed E-state index contributed by atoms with van der Waals surface area (Å²) in [5.74, 6) is -0.306. The van der Waals surface area contributed by atoms with Gasteiger partial charge in [-0.15, -0.1) is 0 Å². The number of ether oxygens (including phenoxy) is 2. The topological polar surface area (TPSA) is 82.0 Å². The van der Waals surface area contributed by atoms with Crippen LogP contribution >= 0.6 is 0 Å². The van der Waals surface area contributed by atoms with Crippen LogP contribution < -0.4 is 4.74 Å². The molecule has 0 spiro atoms. The molecular formula is C17H15NO5. The van der Waals surface area contributed by atoms with E-state index in [0.29, 0.717) is 12.2 Å². The van der Waals surface area contributed by atoms with E-state index in [-0.39, 0.29) is 35.5 Å². The van der Waals surface area contributed by atoms with Gasteiger partial charge in [-0.1, -0.05) is 35.9 Å². The van der Waals surface area contributed by atoms with Gasteiger partial charge in [-0.2, -0.15) is 0 Å². The molecule has 6 nitrogen and oxygen atoms in total. The minimum absolute atomic E-state index is 0.00132. The molecule has 0 bridgehead atoms. The van der Waals surface area contributed by atoms with E-state index in [9.17, 15) is 14.9 Å². The number of benzene rings is 2. The molecule has 0 aromatic heterocycles. The molecule has 0 saturated carbocycles. The van der Waals surface area contributed by atoms with Gasteiger partial charge in [0.2, 0.25) is 5.75 Å². The van der Waals surface area contributed by atoms with Crippen LogP contribution in [0.4, 0.5) is 5.69 Å². The predicted molar refractivity (Wildman–Crippen MR) is 82.9 cm³/mol. The standard InChI is InChI=1S/C17H15NO5/c1-11-5-7-12(8-6-11)16(19)14-3-2-4-15(18(20)21)17(14)23-10-13-9-22-13/h2-8,13H,9-10H2,1H3. The molecule has 2 aromatic rings. The molecule has 1 saturated heterocycles. The van der Waals surface area contributed by atoms with Crippen LogP contribution in [0.15, 0.2) is 42.5 Å². The zero-order valence-corrected chi connectivity index (χ0v) is 12.5. The van der Waals surface area contributed by atoms with Crippen LogP contribution in [0.3, 0.4) is 0 Å². The van der Waals surface area contributed by atoms with Gasteiger partial charge in [-0.05, 0) is 13.0 Å². The van der Waals surface area contributed by atoms with Gasteiger partial charge < -0.3 is 9.47 Å². The Hall–Kier alpha value is -2.73. The lowest BCUT2D eigenvalue weighted by Gasteiger charge is -2.10. The monoisotopic (exact) mass is 313 g/mol. The largest absolute Gasteiger partial charge is 0.483 e. The zero-order valence-electron chi connectivity index (χ0n) is 12.5. The Morgan fingerprint density at radius 3 is 2.61 bits per heavy atom. The van der Waals surface area contributed by atoms with Crippen LogP contribution in [0, 0.1) is 17.0 Å². The van der Waals surface area contributed by atoms with Crippen LogP contribution in [0.25, 0.3) is 0 Å². The average molecular weight is 313 g/mol. The third-order valence-electron chi connectivity index (χ3n) is 3.57. The predicted octanol–water partition coefficient (Wildman–Crippen LogP) is 2.91. The maximum absolute atomic E-state index is 12.7. The first-order valence-corrected chi connectivity index (χ1v) is 7.19. The summed E-state index contributed by atoms with van der Waals surface area (Å²) >= 11 is 0. The third kappa shape index (κ3) is 3.37. The van der Waals surface area contributed by atoms with E-state index in [2.05, 4.69) is 0 Å². The first kappa shape index (κ1) is 15.2. The van der Waals surface area contributed by atoms with Gasteiger partial charge in [0.25, 0.3) is 0 Å². The molecule has 23 heavy (non-hydrogen) atoms. The van der Waals surface area contributed by atoms with E-state index in [0.717, 1.165) is 5.56 Å². The van der Waals surface area contributed by atoms with E-state index in [4.69, 9.17) is 9.47 Å². The normalized spacial score (nSPS) is 16.0. The number of carbonyl (C=O) groups is 1. The van der Waals surface area contributed by atoms with Gasteiger partial charge in [0.05, 0.1) is 17.1 Å². The number of hydrogen-bond acceptors (Lipinski definition) is 5. The maximum Gasteiger partial charge on any atom is 0.311 e. The zero-order chi connectivity index (χ0) is 16.4. The minimum atomic E-state index is -0.547. The van der Waals surface area contributed by atoms with Gasteiger partial charge in [0.15, 0.2) is 5.78 Å². The molecule has 0 radical (unpaired) electrons. The SMILES string of the molecule is Cc1ccc(C(=O)c2cccc([N+](=O)[O-])c2OCC2CO2)cc1. The Kier molecular flexibility index (Phi) is 4.08. The summed E-state index contributed by atoms with van der Waals surface area (Å²) in [5, 5.41) is 11.2. The maximum atomic E-state index is 12.7. The number of ketones is 1. The minimum Gasteiger partial charge on any atom is -0.483 e. The van der Waals surface area contributed by atoms with Crippen LogP contribution in [0.5, 0.6) is 5.75 Å². The summed E-state index contributed by atoms with van der Waals surface area (Å²) < 4.78 is 10.6. The molecule has 1 unspecified atom stereocenters. The molecule has 3 rings (SSSR count). The van der Waals surface area contributed by atoms with E-state index < -0.39 is 4.92 Å². The molecule has 1 fully saturated rings. The van der Waals surface area contributed by atoms with Crippen molar-refractivity contribution in [1.29, 1.82) is 0 Å². The molecule has 6 heteroatoms. The van der Waals surface area contributed by atoms with Crippen molar-refractivity contribution in [1.82, 2.24) is 0 Å². The number of carbonyl (C=O) groups excluding carboxylic acids is 1. The Labute approximate surface area is 132 Å². The van der Waals surface area contributed by atoms with E-state index >= 15 is 0 Å². The van der Waals surface area contributed by atoms with Gasteiger partial charge >= 0.3 is 5.69 Å². The molecule has 1 aliphatic rings. The number of aryl methyl sites for hydroxylation is 1. The second kappa shape index (κ2) is 6.18. The number of nitro groups is 1. The highest BCUT2D eigenvalue weighted by atomic mass is 16.6. The number of nitro benzene ring substituents is 1. The summed E-state index contributed by atoms with van der Waals surface area (Å²) in [6.07, 6.45) is -0.0582. The molecule has 0 aliphatic carbocycles. The van der Waals surface area contributed by atoms with Gasteiger partial charge in [0.1, 0.15) is 12.7 Å². The summed E-state index contributed by atoms with van der Waals surface area (Å²) in [6.45, 7) is 2.69. The Bertz CT molecular complexity index is 750. The third-order valence-corrected chi connectivity index (χ3v) is 3.57. The fourth-order valence-corrected chi connectivity index (χ4v) is 2.20. The smallest absolute Gasteiger partial charge is 0.311 e. The fourth-order valence-electron chi connectivity index (χ4n) is 2.20. The lowest BCUT2D eigenvalue weighted by atomic mass is 10.0. The van der Waals surface area contributed by atoms with Gasteiger partial charge in [-0.3, -0.25) is 14.9 Å². The number of para-hydroxylation sites is 1. The summed E-state index contributed by atoms with van der Waals surface area (Å²) in [4.78, 5) is 23.4. The summed E-state index contributed by atoms with van der Waals surface area (Å²) in [5.41, 5.74) is 1.46. The van der Waals surface area contributed by atoms with Crippen molar-refractivity contribution < 1.29 is 19.2 Å². The second-order valence-corrected chi connectivity index (χ2v) is 5.37. The molecule has 1 heterocycles. The highest BCUT2D eigenvalue weighted by Gasteiger charge is 2.28. The Morgan fingerprint density at radius 1 is 1.30 bits per heavy atom. The fraction of sp³-hybridized carbons (Fsp3) is 0.235. The molecule has 2 aromatic carbocycles. The van der Waals surface area contributed by atoms with Crippen molar-refractivity contribution in [3.63, 3.8) is 0 Å². The van der Waals surface area contributed by atoms with Gasteiger partial charge in [0, 0.05) is 11.6 Å². The lowest BCUT2D eigenvalue weighted by Crippen LogP contribution is -2.11. The molecular weight excluding hydrogens is 298 g/mol. The van der Waals surface area contributed by atoms with E-state index in [1.807, 2.05) is 19.1 Å². The number of epoxide rings is 1. The second-order valence-electron chi connectivity index (χ2n) is 5.37. The van der Waals surface area contributed by atoms with Crippen LogP contribution in [0.1, 0.15) is 21.5 Å². The average Bonchev–Trinajstić information content (AvgIpc) is 3.37. The Balaban J connectivity index is 1.98. The van der Waals surface area contributed by atoms with Crippen molar-refractivity contribution >= 4 is 11.5 Å². The van der Waals surface area contributed by atoms with Crippen molar-refractivity contribution in [2.75, 3.05) is 13.2 Å². The molecule has 118 valence electrons. The quantitative estimate of drug-likeness (QED) is 0.354. The molecule has 0 amide bonds. The number of hydrogen-bond donors (Lipinski definition) is 0. The highest BCUT2D eigenvalue weighted by Crippen LogP contribution is 2.33. The lowest BCUT2D eigenvalue weighted by molar-refractivity contribution is -0.385. The van der Waals surface area contributed by atoms with Crippen molar-refractivity contribution in [3.8, 4) is 5.75 Å². The summed E-state index contributed by atoms with van der Waals surface area (Å²) in [7, 11) is 0. The van der Waals surface area contributed by atoms with Crippen LogP contribution in [-0.4, -0.2) is 30.0 Å². The van der Waals surface area contributed by atoms with Crippen molar-refractivity contribution in [3.05, 3.63) is 69.3 Å². The summed E-state index contributed by atoms with van der Waals surface area (Å²) in [6, 6.07) is 11.4. The van der Waals surface area contributed by atoms with Crippen molar-refractivity contribution in [2.24, 2.45) is 0 Å². The number of rotatable bonds is 6. The van der Waals surface area contributed by atoms with Crippen LogP contribution in [0.2, 0.25) is 0 Å². The van der Waals surface area contributed by atoms with Crippen LogP contribution in [-0.2, 0) is 4.74 Å². The first-order valence-electron chi connectivity index (χ1n) is 7.19. The van der Waals surface area contributed by atoms with Gasteiger partial charge in [-0.25, -0.2) is 0 Å². The molecule has 0 N–H and O–H groups in total. The Morgan fingerprint density at radius 2 is 2.00 bits per heavy atom. The first-order chi connectivity index (χ1) is 11.1.